The van der Waals surface area contributed by atoms with Crippen molar-refractivity contribution in [3.63, 3.8) is 0 Å². The van der Waals surface area contributed by atoms with Crippen LogP contribution < -0.4 is 4.72 Å². The summed E-state index contributed by atoms with van der Waals surface area (Å²) in [6, 6.07) is 1.02. The van der Waals surface area contributed by atoms with Gasteiger partial charge < -0.3 is 5.11 Å². The molecule has 19 heavy (non-hydrogen) atoms. The quantitative estimate of drug-likeness (QED) is 0.785. The average molecular weight is 301 g/mol. The maximum Gasteiger partial charge on any atom is 0.346 e. The number of carboxylic acids is 1. The first-order valence-electron chi connectivity index (χ1n) is 5.61. The van der Waals surface area contributed by atoms with Crippen molar-refractivity contribution >= 4 is 27.3 Å². The molecule has 5 nitrogen and oxygen atoms in total. The van der Waals surface area contributed by atoms with Crippen molar-refractivity contribution in [2.24, 2.45) is 0 Å². The minimum atomic E-state index is -3.72. The molecule has 1 unspecified atom stereocenters. The van der Waals surface area contributed by atoms with Crippen LogP contribution >= 0.6 is 11.3 Å². The van der Waals surface area contributed by atoms with E-state index in [0.717, 1.165) is 11.3 Å². The van der Waals surface area contributed by atoms with Gasteiger partial charge in [0, 0.05) is 12.5 Å². The summed E-state index contributed by atoms with van der Waals surface area (Å²) >= 11 is 0.743. The minimum Gasteiger partial charge on any atom is -0.477 e. The monoisotopic (exact) mass is 301 g/mol. The van der Waals surface area contributed by atoms with Gasteiger partial charge in [-0.2, -0.15) is 0 Å². The van der Waals surface area contributed by atoms with Crippen molar-refractivity contribution in [3.8, 4) is 12.3 Å². The molecule has 1 heterocycles. The largest absolute Gasteiger partial charge is 0.477 e. The molecule has 0 aliphatic heterocycles. The molecule has 0 radical (unpaired) electrons. The smallest absolute Gasteiger partial charge is 0.346 e. The zero-order chi connectivity index (χ0) is 14.6. The van der Waals surface area contributed by atoms with Gasteiger partial charge in [0.25, 0.3) is 0 Å². The van der Waals surface area contributed by atoms with E-state index in [-0.39, 0.29) is 15.1 Å². The van der Waals surface area contributed by atoms with Crippen LogP contribution in [0.2, 0.25) is 0 Å². The number of hydrogen-bond acceptors (Lipinski definition) is 4. The Kier molecular flexibility index (Phi) is 5.11. The second kappa shape index (κ2) is 6.19. The lowest BCUT2D eigenvalue weighted by molar-refractivity contribution is 0.0701. The number of carboxylic acid groups (broad SMARTS) is 1. The van der Waals surface area contributed by atoms with Gasteiger partial charge in [0.2, 0.25) is 10.0 Å². The van der Waals surface area contributed by atoms with Crippen molar-refractivity contribution in [1.29, 1.82) is 0 Å². The first kappa shape index (κ1) is 15.7. The number of carbonyl (C=O) groups is 1. The van der Waals surface area contributed by atoms with E-state index in [1.807, 2.05) is 6.92 Å². The summed E-state index contributed by atoms with van der Waals surface area (Å²) in [6.45, 7) is 3.39. The van der Waals surface area contributed by atoms with Gasteiger partial charge in [0.05, 0.1) is 0 Å². The molecule has 1 atom stereocenters. The summed E-state index contributed by atoms with van der Waals surface area (Å²) in [6.07, 6.45) is 6.04. The Bertz CT molecular complexity index is 610. The Hall–Kier alpha value is -1.36. The lowest BCUT2D eigenvalue weighted by Gasteiger charge is -2.13. The second-order valence-corrected chi connectivity index (χ2v) is 7.01. The Morgan fingerprint density at radius 2 is 2.26 bits per heavy atom. The highest BCUT2D eigenvalue weighted by Crippen LogP contribution is 2.26. The van der Waals surface area contributed by atoms with Crippen LogP contribution in [0.15, 0.2) is 10.3 Å². The van der Waals surface area contributed by atoms with Crippen LogP contribution in [0.3, 0.4) is 0 Å². The molecular weight excluding hydrogens is 286 g/mol. The standard InChI is InChI=1S/C12H15NO4S2/c1-4-6-9(5-2)13-19(16,17)10-7-8(3)11(18-10)12(14)15/h1,7,9,13H,5-6H2,2-3H3,(H,14,15). The highest BCUT2D eigenvalue weighted by molar-refractivity contribution is 7.91. The van der Waals surface area contributed by atoms with Crippen LogP contribution in [0.4, 0.5) is 0 Å². The van der Waals surface area contributed by atoms with Crippen molar-refractivity contribution in [2.45, 2.75) is 36.9 Å². The van der Waals surface area contributed by atoms with Gasteiger partial charge >= 0.3 is 5.97 Å². The van der Waals surface area contributed by atoms with Gasteiger partial charge in [-0.3, -0.25) is 0 Å². The molecule has 7 heteroatoms. The van der Waals surface area contributed by atoms with Crippen molar-refractivity contribution in [3.05, 3.63) is 16.5 Å². The van der Waals surface area contributed by atoms with E-state index in [1.165, 1.54) is 6.07 Å². The maximum absolute atomic E-state index is 12.1. The van der Waals surface area contributed by atoms with Crippen LogP contribution in [0, 0.1) is 19.3 Å². The topological polar surface area (TPSA) is 83.5 Å². The highest BCUT2D eigenvalue weighted by Gasteiger charge is 2.23. The van der Waals surface area contributed by atoms with Crippen LogP contribution in [-0.4, -0.2) is 25.5 Å². The molecule has 0 aliphatic carbocycles. The molecular formula is C12H15NO4S2. The van der Waals surface area contributed by atoms with E-state index in [9.17, 15) is 13.2 Å². The number of aromatic carboxylic acids is 1. The first-order valence-corrected chi connectivity index (χ1v) is 7.91. The van der Waals surface area contributed by atoms with Gasteiger partial charge in [0.15, 0.2) is 0 Å². The summed E-state index contributed by atoms with van der Waals surface area (Å²) < 4.78 is 26.7. The van der Waals surface area contributed by atoms with Crippen molar-refractivity contribution in [2.75, 3.05) is 0 Å². The van der Waals surface area contributed by atoms with E-state index in [2.05, 4.69) is 10.6 Å². The molecule has 0 spiro atoms. The Labute approximate surface area is 116 Å². The summed E-state index contributed by atoms with van der Waals surface area (Å²) in [4.78, 5) is 10.9. The molecule has 0 amide bonds. The second-order valence-electron chi connectivity index (χ2n) is 4.02. The third-order valence-electron chi connectivity index (χ3n) is 2.53. The number of aryl methyl sites for hydroxylation is 1. The fourth-order valence-corrected chi connectivity index (χ4v) is 4.20. The molecule has 0 fully saturated rings. The van der Waals surface area contributed by atoms with E-state index in [1.54, 1.807) is 6.92 Å². The zero-order valence-electron chi connectivity index (χ0n) is 10.6. The molecule has 0 bridgehead atoms. The van der Waals surface area contributed by atoms with Crippen LogP contribution in [0.5, 0.6) is 0 Å². The fourth-order valence-electron chi connectivity index (χ4n) is 1.49. The highest BCUT2D eigenvalue weighted by atomic mass is 32.2. The summed E-state index contributed by atoms with van der Waals surface area (Å²) in [5, 5.41) is 8.93. The third kappa shape index (κ3) is 3.80. The third-order valence-corrected chi connectivity index (χ3v) is 5.75. The Balaban J connectivity index is 3.04. The van der Waals surface area contributed by atoms with Crippen molar-refractivity contribution in [1.82, 2.24) is 4.72 Å². The zero-order valence-corrected chi connectivity index (χ0v) is 12.3. The predicted octanol–water partition coefficient (Wildman–Crippen LogP) is 1.83. The average Bonchev–Trinajstić information content (AvgIpc) is 2.71. The molecule has 2 N–H and O–H groups in total. The van der Waals surface area contributed by atoms with Crippen molar-refractivity contribution < 1.29 is 18.3 Å². The normalized spacial score (nSPS) is 12.9. The molecule has 1 aromatic heterocycles. The molecule has 0 saturated heterocycles. The van der Waals surface area contributed by atoms with Gasteiger partial charge in [-0.1, -0.05) is 6.92 Å². The molecule has 0 aliphatic rings. The summed E-state index contributed by atoms with van der Waals surface area (Å²) in [5.41, 5.74) is 0.433. The van der Waals surface area contributed by atoms with E-state index in [4.69, 9.17) is 11.5 Å². The fraction of sp³-hybridized carbons (Fsp3) is 0.417. The molecule has 0 aromatic carbocycles. The Morgan fingerprint density at radius 3 is 2.68 bits per heavy atom. The number of nitrogens with one attached hydrogen (secondary N) is 1. The van der Waals surface area contributed by atoms with Gasteiger partial charge in [-0.05, 0) is 25.0 Å². The molecule has 1 rings (SSSR count). The van der Waals surface area contributed by atoms with Gasteiger partial charge in [-0.15, -0.1) is 23.7 Å². The summed E-state index contributed by atoms with van der Waals surface area (Å²) in [5.74, 6) is 1.28. The number of hydrogen-bond donors (Lipinski definition) is 2. The Morgan fingerprint density at radius 1 is 1.63 bits per heavy atom. The number of rotatable bonds is 6. The van der Waals surface area contributed by atoms with Crippen LogP contribution in [0.1, 0.15) is 35.0 Å². The first-order chi connectivity index (χ1) is 8.81. The van der Waals surface area contributed by atoms with E-state index in [0.29, 0.717) is 18.4 Å². The lowest BCUT2D eigenvalue weighted by atomic mass is 10.2. The molecule has 1 aromatic rings. The van der Waals surface area contributed by atoms with Crippen LogP contribution in [-0.2, 0) is 10.0 Å². The van der Waals surface area contributed by atoms with E-state index >= 15 is 0 Å². The number of sulfonamides is 1. The number of thiophene rings is 1. The summed E-state index contributed by atoms with van der Waals surface area (Å²) in [7, 11) is -3.72. The predicted molar refractivity (Wildman–Crippen MR) is 73.9 cm³/mol. The van der Waals surface area contributed by atoms with Gasteiger partial charge in [0.1, 0.15) is 9.09 Å². The lowest BCUT2D eigenvalue weighted by Crippen LogP contribution is -2.33. The number of terminal acetylenes is 1. The van der Waals surface area contributed by atoms with Crippen LogP contribution in [0.25, 0.3) is 0 Å². The van der Waals surface area contributed by atoms with Gasteiger partial charge in [-0.25, -0.2) is 17.9 Å². The minimum absolute atomic E-state index is 0.00197. The maximum atomic E-state index is 12.1. The molecule has 0 saturated carbocycles. The SMILES string of the molecule is C#CCC(CC)NS(=O)(=O)c1cc(C)c(C(=O)O)s1. The van der Waals surface area contributed by atoms with E-state index < -0.39 is 16.0 Å². The molecule has 104 valence electrons.